The molecular formula is C37H35F3N6O15S3. The van der Waals surface area contributed by atoms with Crippen molar-refractivity contribution in [2.75, 3.05) is 12.8 Å². The van der Waals surface area contributed by atoms with Crippen LogP contribution in [0.3, 0.4) is 0 Å². The highest BCUT2D eigenvalue weighted by Gasteiger charge is 2.60. The van der Waals surface area contributed by atoms with E-state index in [1.165, 1.54) is 88.4 Å². The fraction of sp³-hybridized carbons (Fsp3) is 0.378. The number of imidazole rings is 1. The number of carboxylic acid groups (broad SMARTS) is 1. The van der Waals surface area contributed by atoms with Crippen LogP contribution in [0.1, 0.15) is 42.3 Å². The molecule has 0 bridgehead atoms. The van der Waals surface area contributed by atoms with Crippen molar-refractivity contribution in [3.8, 4) is 0 Å². The Morgan fingerprint density at radius 3 is 2.02 bits per heavy atom. The number of amides is 2. The molecule has 5 heterocycles. The molecule has 2 aromatic heterocycles. The zero-order valence-corrected chi connectivity index (χ0v) is 35.8. The Labute approximate surface area is 367 Å². The van der Waals surface area contributed by atoms with Crippen LogP contribution in [0.4, 0.5) is 29.3 Å². The second kappa shape index (κ2) is 18.1. The van der Waals surface area contributed by atoms with Crippen molar-refractivity contribution in [1.29, 1.82) is 0 Å². The lowest BCUT2D eigenvalue weighted by Gasteiger charge is -2.46. The third-order valence-corrected chi connectivity index (χ3v) is 13.3. The number of aliphatic hydroxyl groups excluding tert-OH is 1. The molecule has 0 aliphatic carbocycles. The Hall–Kier alpha value is -6.16. The van der Waals surface area contributed by atoms with Crippen molar-refractivity contribution >= 4 is 78.9 Å². The van der Waals surface area contributed by atoms with Crippen molar-refractivity contribution in [2.45, 2.75) is 68.2 Å². The second-order valence-electron chi connectivity index (χ2n) is 14.6. The smallest absolute Gasteiger partial charge is 0.485 e. The highest BCUT2D eigenvalue weighted by atomic mass is 32.2. The summed E-state index contributed by atoms with van der Waals surface area (Å²) in [7, 11) is -6.09. The number of aliphatic carboxylic acids is 1. The van der Waals surface area contributed by atoms with E-state index in [4.69, 9.17) is 22.4 Å². The fourth-order valence-electron chi connectivity index (χ4n) is 7.72. The number of carbonyl (C=O) groups excluding carboxylic acids is 3. The average molecular weight is 957 g/mol. The van der Waals surface area contributed by atoms with Gasteiger partial charge in [-0.25, -0.2) is 27.4 Å². The van der Waals surface area contributed by atoms with Crippen LogP contribution in [-0.4, -0.2) is 108 Å². The van der Waals surface area contributed by atoms with Crippen LogP contribution in [0.25, 0.3) is 10.4 Å². The number of carboxylic acids is 1. The highest BCUT2D eigenvalue weighted by Crippen LogP contribution is 2.51. The number of rotatable bonds is 12. The van der Waals surface area contributed by atoms with E-state index in [0.717, 1.165) is 9.86 Å². The number of β-lactam (4-membered cyclic amide) rings is 1. The molecule has 0 spiro atoms. The minimum atomic E-state index is -6.09. The molecule has 2 N–H and O–H groups in total. The molecule has 0 unspecified atom stereocenters. The summed E-state index contributed by atoms with van der Waals surface area (Å²) in [5.41, 5.74) is -4.49. The van der Waals surface area contributed by atoms with E-state index in [1.807, 2.05) is 22.1 Å². The normalized spacial score (nSPS) is 21.2. The van der Waals surface area contributed by atoms with Crippen LogP contribution < -0.4 is 4.40 Å². The number of aromatic nitrogens is 2. The Balaban J connectivity index is 0.000000776. The molecule has 342 valence electrons. The maximum absolute atomic E-state index is 13.6. The molecule has 27 heteroatoms. The number of nitro benzene ring substituents is 2. The van der Waals surface area contributed by atoms with Gasteiger partial charge in [-0.1, -0.05) is 30.0 Å². The zero-order valence-electron chi connectivity index (χ0n) is 33.3. The summed E-state index contributed by atoms with van der Waals surface area (Å²) in [4.78, 5) is 77.7. The first-order valence-electron chi connectivity index (χ1n) is 18.6. The lowest BCUT2D eigenvalue weighted by Crippen LogP contribution is -2.63. The summed E-state index contributed by atoms with van der Waals surface area (Å²) >= 11 is 2.76. The third-order valence-electron chi connectivity index (χ3n) is 10.7. The van der Waals surface area contributed by atoms with Gasteiger partial charge in [0.05, 0.1) is 39.3 Å². The first-order valence-corrected chi connectivity index (χ1v) is 22.1. The molecule has 6 atom stereocenters. The van der Waals surface area contributed by atoms with Crippen LogP contribution in [0.15, 0.2) is 71.8 Å². The van der Waals surface area contributed by atoms with E-state index in [2.05, 4.69) is 0 Å². The minimum Gasteiger partial charge on any atom is -0.741 e. The van der Waals surface area contributed by atoms with Gasteiger partial charge < -0.3 is 29.1 Å². The van der Waals surface area contributed by atoms with Gasteiger partial charge in [0.1, 0.15) is 37.2 Å². The predicted molar refractivity (Wildman–Crippen MR) is 213 cm³/mol. The van der Waals surface area contributed by atoms with E-state index in [9.17, 15) is 62.8 Å². The van der Waals surface area contributed by atoms with Crippen molar-refractivity contribution in [1.82, 2.24) is 14.4 Å². The SMILES string of the molecule is CSc1c2sc(C3=C(C(=O)O)N4C(=O)[C@H]([C@@H](C)O)[C@H]4[C@H]3C)c[n+]2cn1[C@H]1C[C@@H](C(=O)OCc2ccc([N+](=O)[O-])cc2)N(C(=O)OCc2ccc([N+](=O)[O-])cc2)C1.O=S(=O)([O-])C(F)(F)F. The number of non-ortho nitro benzene ring substituents is 2. The number of fused-ring (bicyclic) bond motifs is 2. The Morgan fingerprint density at radius 1 is 1.02 bits per heavy atom. The third kappa shape index (κ3) is 9.24. The number of halogens is 3. The average Bonchev–Trinajstić information content (AvgIpc) is 3.98. The number of likely N-dealkylation sites (tertiary alicyclic amines) is 1. The van der Waals surface area contributed by atoms with Crippen LogP contribution >= 0.6 is 23.1 Å². The van der Waals surface area contributed by atoms with Gasteiger partial charge in [-0.05, 0) is 48.6 Å². The van der Waals surface area contributed by atoms with E-state index >= 15 is 0 Å². The number of nitrogens with zero attached hydrogens (tertiary/aromatic N) is 6. The number of hydrogen-bond donors (Lipinski definition) is 2. The summed E-state index contributed by atoms with van der Waals surface area (Å²) in [6.45, 7) is 3.00. The highest BCUT2D eigenvalue weighted by molar-refractivity contribution is 7.98. The number of thiazole rings is 1. The molecule has 2 saturated heterocycles. The number of esters is 1. The van der Waals surface area contributed by atoms with E-state index in [0.29, 0.717) is 21.6 Å². The molecule has 0 radical (unpaired) electrons. The van der Waals surface area contributed by atoms with Gasteiger partial charge in [0.25, 0.3) is 17.7 Å². The van der Waals surface area contributed by atoms with Crippen LogP contribution in [-0.2, 0) is 47.2 Å². The zero-order chi connectivity index (χ0) is 47.2. The molecule has 2 aromatic carbocycles. The second-order valence-corrected chi connectivity index (χ2v) is 17.8. The number of ether oxygens (including phenoxy) is 2. The number of thioether (sulfide) groups is 1. The first kappa shape index (κ1) is 47.3. The molecule has 7 rings (SSSR count). The van der Waals surface area contributed by atoms with Crippen molar-refractivity contribution in [3.05, 3.63) is 103 Å². The molecule has 64 heavy (non-hydrogen) atoms. The van der Waals surface area contributed by atoms with Crippen molar-refractivity contribution < 1.29 is 79.3 Å². The van der Waals surface area contributed by atoms with Crippen LogP contribution in [0.5, 0.6) is 0 Å². The van der Waals surface area contributed by atoms with E-state index < -0.39 is 79.6 Å². The van der Waals surface area contributed by atoms with E-state index in [-0.39, 0.29) is 49.2 Å². The topological polar surface area (TPSA) is 286 Å². The van der Waals surface area contributed by atoms with Gasteiger partial charge in [0.2, 0.25) is 15.8 Å². The van der Waals surface area contributed by atoms with Crippen LogP contribution in [0.2, 0.25) is 0 Å². The summed E-state index contributed by atoms with van der Waals surface area (Å²) in [6, 6.07) is 9.03. The van der Waals surface area contributed by atoms with Gasteiger partial charge in [0.15, 0.2) is 10.1 Å². The molecule has 3 aliphatic rings. The van der Waals surface area contributed by atoms with Gasteiger partial charge in [0, 0.05) is 42.2 Å². The minimum absolute atomic E-state index is 0.0458. The maximum atomic E-state index is 13.6. The van der Waals surface area contributed by atoms with Crippen molar-refractivity contribution in [3.63, 3.8) is 0 Å². The maximum Gasteiger partial charge on any atom is 0.485 e. The van der Waals surface area contributed by atoms with Crippen molar-refractivity contribution in [2.24, 2.45) is 11.8 Å². The summed E-state index contributed by atoms with van der Waals surface area (Å²) in [6.07, 6.45) is 3.85. The number of aliphatic hydroxyl groups is 1. The van der Waals surface area contributed by atoms with E-state index in [1.54, 1.807) is 12.5 Å². The fourth-order valence-corrected chi connectivity index (χ4v) is 9.95. The molecule has 2 amide bonds. The Kier molecular flexibility index (Phi) is 13.4. The summed E-state index contributed by atoms with van der Waals surface area (Å²) in [5.74, 6) is -3.43. The van der Waals surface area contributed by atoms with Gasteiger partial charge in [-0.15, -0.1) is 0 Å². The predicted octanol–water partition coefficient (Wildman–Crippen LogP) is 4.23. The Bertz CT molecular complexity index is 2590. The largest absolute Gasteiger partial charge is 0.741 e. The summed E-state index contributed by atoms with van der Waals surface area (Å²) in [5, 5.41) is 43.4. The summed E-state index contributed by atoms with van der Waals surface area (Å²) < 4.78 is 73.9. The molecule has 0 saturated carbocycles. The molecule has 2 fully saturated rings. The number of benzene rings is 2. The number of hydrogen-bond acceptors (Lipinski definition) is 16. The first-order chi connectivity index (χ1) is 29.9. The number of nitro groups is 2. The quantitative estimate of drug-likeness (QED) is 0.0294. The molecule has 21 nitrogen and oxygen atoms in total. The number of alkyl halides is 3. The standard InChI is InChI=1S/C36H34N6O12S2.CHF3O3S/c1-18-27(30(34(45)46)40-29(18)28(19(2)43)31(40)44)26-14-37-17-39(33(55-3)32(37)56-26)24-12-25(35(47)53-15-20-4-8-22(9-5-20)41(49)50)38(13-24)36(48)54-16-21-6-10-23(11-7-21)42(51)52;2-1(3,4)8(5,6)7/h4-11,14,17-19,24-25,28-29,43H,12-13,15-16H2,1-3H3;(H,5,6,7)/t18-,19+,24-,25-,28+,29+;/m0./s1. The van der Waals surface area contributed by atoms with Gasteiger partial charge in [-0.2, -0.15) is 17.6 Å². The van der Waals surface area contributed by atoms with Gasteiger partial charge >= 0.3 is 23.5 Å². The van der Waals surface area contributed by atoms with Gasteiger partial charge in [-0.3, -0.25) is 29.9 Å². The lowest BCUT2D eigenvalue weighted by atomic mass is 9.77. The monoisotopic (exact) mass is 956 g/mol. The molecular weight excluding hydrogens is 922 g/mol. The molecule has 3 aliphatic heterocycles. The molecule has 4 aromatic rings. The Morgan fingerprint density at radius 2 is 1.55 bits per heavy atom. The number of carbonyl (C=O) groups is 4. The lowest BCUT2D eigenvalue weighted by molar-refractivity contribution is -0.508. The van der Waals surface area contributed by atoms with Crippen LogP contribution in [0, 0.1) is 32.1 Å².